The second-order valence-electron chi connectivity index (χ2n) is 3.37. The largest absolute Gasteiger partial charge is 0.440 e. The van der Waals surface area contributed by atoms with Crippen LogP contribution in [0.5, 0.6) is 0 Å². The molecule has 18 heavy (non-hydrogen) atoms. The predicted octanol–water partition coefficient (Wildman–Crippen LogP) is 2.13. The number of rotatable bonds is 4. The van der Waals surface area contributed by atoms with E-state index < -0.39 is 5.82 Å². The molecule has 0 spiro atoms. The number of amides is 1. The van der Waals surface area contributed by atoms with Crippen LogP contribution in [-0.2, 0) is 4.79 Å². The van der Waals surface area contributed by atoms with Crippen LogP contribution < -0.4 is 11.1 Å². The zero-order valence-corrected chi connectivity index (χ0v) is 10.0. The van der Waals surface area contributed by atoms with E-state index in [9.17, 15) is 9.18 Å². The molecule has 0 bridgehead atoms. The van der Waals surface area contributed by atoms with Gasteiger partial charge in [-0.05, 0) is 18.2 Å². The first-order chi connectivity index (χ1) is 8.65. The minimum Gasteiger partial charge on any atom is -0.440 e. The number of carbonyl (C=O) groups excluding carboxylic acids is 1. The van der Waals surface area contributed by atoms with Gasteiger partial charge in [0, 0.05) is 0 Å². The van der Waals surface area contributed by atoms with Crippen LogP contribution in [0.1, 0.15) is 0 Å². The number of oxazole rings is 1. The smallest absolute Gasteiger partial charge is 0.256 e. The van der Waals surface area contributed by atoms with Gasteiger partial charge in [0.25, 0.3) is 5.22 Å². The molecule has 1 aromatic heterocycles. The molecule has 2 aromatic rings. The minimum atomic E-state index is -0.458. The van der Waals surface area contributed by atoms with Gasteiger partial charge < -0.3 is 15.5 Å². The third-order valence-corrected chi connectivity index (χ3v) is 2.88. The van der Waals surface area contributed by atoms with E-state index in [1.807, 2.05) is 0 Å². The van der Waals surface area contributed by atoms with Crippen molar-refractivity contribution in [3.8, 4) is 0 Å². The highest BCUT2D eigenvalue weighted by Crippen LogP contribution is 2.20. The summed E-state index contributed by atoms with van der Waals surface area (Å²) in [5.41, 5.74) is 6.18. The van der Waals surface area contributed by atoms with E-state index in [1.165, 1.54) is 30.7 Å². The molecule has 1 amide bonds. The summed E-state index contributed by atoms with van der Waals surface area (Å²) in [6, 6.07) is 3.79. The van der Waals surface area contributed by atoms with Crippen molar-refractivity contribution in [2.45, 2.75) is 5.22 Å². The maximum absolute atomic E-state index is 13.0. The second kappa shape index (κ2) is 5.54. The Morgan fingerprint density at radius 1 is 1.56 bits per heavy atom. The van der Waals surface area contributed by atoms with Crippen molar-refractivity contribution < 1.29 is 13.6 Å². The maximum Gasteiger partial charge on any atom is 0.256 e. The number of thioether (sulfide) groups is 1. The zero-order valence-electron chi connectivity index (χ0n) is 9.22. The van der Waals surface area contributed by atoms with Gasteiger partial charge in [0.15, 0.2) is 0 Å². The Hall–Kier alpha value is -2.02. The van der Waals surface area contributed by atoms with Gasteiger partial charge in [-0.15, -0.1) is 0 Å². The number of nitrogen functional groups attached to an aromatic ring is 1. The lowest BCUT2D eigenvalue weighted by atomic mass is 10.2. The van der Waals surface area contributed by atoms with Gasteiger partial charge in [-0.1, -0.05) is 11.8 Å². The summed E-state index contributed by atoms with van der Waals surface area (Å²) in [4.78, 5) is 15.5. The molecule has 2 rings (SSSR count). The van der Waals surface area contributed by atoms with Crippen LogP contribution in [0.25, 0.3) is 0 Å². The molecule has 1 heterocycles. The lowest BCUT2D eigenvalue weighted by Gasteiger charge is -2.07. The van der Waals surface area contributed by atoms with Crippen LogP contribution in [0.15, 0.2) is 40.3 Å². The molecule has 0 atom stereocenters. The van der Waals surface area contributed by atoms with Crippen molar-refractivity contribution >= 4 is 29.0 Å². The van der Waals surface area contributed by atoms with Crippen molar-refractivity contribution in [2.75, 3.05) is 16.8 Å². The molecule has 0 fully saturated rings. The van der Waals surface area contributed by atoms with Gasteiger partial charge in [-0.3, -0.25) is 4.79 Å². The highest BCUT2D eigenvalue weighted by atomic mass is 32.2. The quantitative estimate of drug-likeness (QED) is 0.655. The first-order valence-corrected chi connectivity index (χ1v) is 6.01. The van der Waals surface area contributed by atoms with Crippen molar-refractivity contribution in [3.63, 3.8) is 0 Å². The number of halogens is 1. The lowest BCUT2D eigenvalue weighted by Crippen LogP contribution is -2.15. The maximum atomic E-state index is 13.0. The average Bonchev–Trinajstić information content (AvgIpc) is 2.84. The standard InChI is InChI=1S/C11H10FN3O2S/c12-7-1-2-8(13)9(5-7)15-10(16)6-18-11-14-3-4-17-11/h1-5H,6,13H2,(H,15,16). The third-order valence-electron chi connectivity index (χ3n) is 2.03. The van der Waals surface area contributed by atoms with Gasteiger partial charge in [-0.2, -0.15) is 0 Å². The monoisotopic (exact) mass is 267 g/mol. The Kier molecular flexibility index (Phi) is 3.83. The van der Waals surface area contributed by atoms with Crippen LogP contribution in [0.3, 0.4) is 0 Å². The Morgan fingerprint density at radius 3 is 3.11 bits per heavy atom. The first-order valence-electron chi connectivity index (χ1n) is 5.02. The van der Waals surface area contributed by atoms with E-state index in [4.69, 9.17) is 10.2 Å². The molecule has 5 nitrogen and oxygen atoms in total. The van der Waals surface area contributed by atoms with E-state index in [2.05, 4.69) is 10.3 Å². The van der Waals surface area contributed by atoms with Crippen LogP contribution in [0.4, 0.5) is 15.8 Å². The molecule has 0 saturated heterocycles. The molecule has 0 saturated carbocycles. The average molecular weight is 267 g/mol. The normalized spacial score (nSPS) is 10.3. The SMILES string of the molecule is Nc1ccc(F)cc1NC(=O)CSc1ncco1. The summed E-state index contributed by atoms with van der Waals surface area (Å²) in [5.74, 6) is -0.661. The highest BCUT2D eigenvalue weighted by Gasteiger charge is 2.08. The second-order valence-corrected chi connectivity index (χ2v) is 4.29. The van der Waals surface area contributed by atoms with E-state index in [-0.39, 0.29) is 17.3 Å². The number of hydrogen-bond donors (Lipinski definition) is 2. The number of nitrogens with zero attached hydrogens (tertiary/aromatic N) is 1. The Balaban J connectivity index is 1.92. The van der Waals surface area contributed by atoms with Gasteiger partial charge in [0.1, 0.15) is 12.1 Å². The Morgan fingerprint density at radius 2 is 2.39 bits per heavy atom. The number of benzene rings is 1. The third kappa shape index (κ3) is 3.24. The zero-order chi connectivity index (χ0) is 13.0. The molecule has 94 valence electrons. The number of nitrogens with two attached hydrogens (primary N) is 1. The summed E-state index contributed by atoms with van der Waals surface area (Å²) in [5, 5.41) is 2.92. The van der Waals surface area contributed by atoms with E-state index >= 15 is 0 Å². The predicted molar refractivity (Wildman–Crippen MR) is 66.7 cm³/mol. The van der Waals surface area contributed by atoms with Gasteiger partial charge in [0.05, 0.1) is 23.3 Å². The fourth-order valence-corrected chi connectivity index (χ4v) is 1.82. The lowest BCUT2D eigenvalue weighted by molar-refractivity contribution is -0.113. The number of hydrogen-bond acceptors (Lipinski definition) is 5. The number of nitrogens with one attached hydrogen (secondary N) is 1. The number of anilines is 2. The molecular weight excluding hydrogens is 257 g/mol. The van der Waals surface area contributed by atoms with Crippen LogP contribution in [-0.4, -0.2) is 16.6 Å². The summed E-state index contributed by atoms with van der Waals surface area (Å²) >= 11 is 1.14. The summed E-state index contributed by atoms with van der Waals surface area (Å²) in [6.07, 6.45) is 2.91. The van der Waals surface area contributed by atoms with Crippen molar-refractivity contribution in [2.24, 2.45) is 0 Å². The Labute approximate surface area is 107 Å². The summed E-state index contributed by atoms with van der Waals surface area (Å²) < 4.78 is 17.9. The molecule has 0 aliphatic carbocycles. The van der Waals surface area contributed by atoms with E-state index in [1.54, 1.807) is 0 Å². The number of aromatic nitrogens is 1. The molecule has 0 aliphatic rings. The minimum absolute atomic E-state index is 0.108. The van der Waals surface area contributed by atoms with Crippen molar-refractivity contribution in [3.05, 3.63) is 36.5 Å². The van der Waals surface area contributed by atoms with Crippen LogP contribution in [0, 0.1) is 5.82 Å². The van der Waals surface area contributed by atoms with Crippen molar-refractivity contribution in [1.82, 2.24) is 4.98 Å². The van der Waals surface area contributed by atoms with Crippen LogP contribution in [0.2, 0.25) is 0 Å². The molecular formula is C11H10FN3O2S. The van der Waals surface area contributed by atoms with E-state index in [0.717, 1.165) is 11.8 Å². The molecule has 0 radical (unpaired) electrons. The molecule has 3 N–H and O–H groups in total. The fraction of sp³-hybridized carbons (Fsp3) is 0.0909. The van der Waals surface area contributed by atoms with Gasteiger partial charge in [-0.25, -0.2) is 9.37 Å². The summed E-state index contributed by atoms with van der Waals surface area (Å²) in [7, 11) is 0. The molecule has 1 aromatic carbocycles. The molecule has 0 unspecified atom stereocenters. The number of carbonyl (C=O) groups is 1. The highest BCUT2D eigenvalue weighted by molar-refractivity contribution is 7.99. The molecule has 7 heteroatoms. The van der Waals surface area contributed by atoms with E-state index in [0.29, 0.717) is 10.9 Å². The topological polar surface area (TPSA) is 81.1 Å². The molecule has 0 aliphatic heterocycles. The van der Waals surface area contributed by atoms with Crippen LogP contribution >= 0.6 is 11.8 Å². The first kappa shape index (κ1) is 12.4. The van der Waals surface area contributed by atoms with Gasteiger partial charge in [0.2, 0.25) is 5.91 Å². The Bertz CT molecular complexity index is 545. The van der Waals surface area contributed by atoms with Gasteiger partial charge >= 0.3 is 0 Å². The summed E-state index contributed by atoms with van der Waals surface area (Å²) in [6.45, 7) is 0. The fourth-order valence-electron chi connectivity index (χ4n) is 1.23. The van der Waals surface area contributed by atoms with Crippen molar-refractivity contribution in [1.29, 1.82) is 0 Å².